The van der Waals surface area contributed by atoms with E-state index in [2.05, 4.69) is 5.32 Å². The number of nitrogens with one attached hydrogen (secondary N) is 1. The normalized spacial score (nSPS) is 15.0. The smallest absolute Gasteiger partial charge is 0.253 e. The number of nitrogens with zero attached hydrogens (tertiary/aromatic N) is 1. The molecule has 2 aromatic rings. The Bertz CT molecular complexity index is 768. The van der Waals surface area contributed by atoms with Crippen LogP contribution in [0, 0.1) is 5.92 Å². The molecule has 0 unspecified atom stereocenters. The fourth-order valence-corrected chi connectivity index (χ4v) is 3.13. The maximum atomic E-state index is 12.4. The topological polar surface area (TPSA) is 69.6 Å². The molecule has 0 saturated carbocycles. The molecule has 0 atom stereocenters. The van der Waals surface area contributed by atoms with Crippen LogP contribution in [0.1, 0.15) is 23.2 Å². The summed E-state index contributed by atoms with van der Waals surface area (Å²) in [6.45, 7) is 1.07. The number of halogens is 1. The van der Waals surface area contributed by atoms with Crippen molar-refractivity contribution in [2.24, 2.45) is 5.92 Å². The lowest BCUT2D eigenvalue weighted by Gasteiger charge is -2.31. The Hall–Kier alpha value is -2.53. The first-order valence-electron chi connectivity index (χ1n) is 8.17. The van der Waals surface area contributed by atoms with Gasteiger partial charge >= 0.3 is 0 Å². The molecule has 2 aromatic carbocycles. The average molecular weight is 359 g/mol. The Morgan fingerprint density at radius 1 is 1.08 bits per heavy atom. The van der Waals surface area contributed by atoms with Crippen molar-refractivity contribution in [1.29, 1.82) is 0 Å². The van der Waals surface area contributed by atoms with Gasteiger partial charge in [0.2, 0.25) is 5.91 Å². The van der Waals surface area contributed by atoms with Crippen molar-refractivity contribution in [2.45, 2.75) is 12.8 Å². The number of anilines is 1. The van der Waals surface area contributed by atoms with Crippen LogP contribution in [0.5, 0.6) is 5.75 Å². The largest absolute Gasteiger partial charge is 0.508 e. The second kappa shape index (κ2) is 7.57. The molecule has 1 fully saturated rings. The van der Waals surface area contributed by atoms with E-state index >= 15 is 0 Å². The van der Waals surface area contributed by atoms with Gasteiger partial charge in [-0.3, -0.25) is 9.59 Å². The third kappa shape index (κ3) is 4.31. The highest BCUT2D eigenvalue weighted by Gasteiger charge is 2.27. The number of phenols is 1. The van der Waals surface area contributed by atoms with Crippen LogP contribution in [-0.2, 0) is 4.79 Å². The van der Waals surface area contributed by atoms with Gasteiger partial charge in [-0.15, -0.1) is 0 Å². The van der Waals surface area contributed by atoms with E-state index in [1.54, 1.807) is 41.3 Å². The van der Waals surface area contributed by atoms with Crippen LogP contribution < -0.4 is 5.32 Å². The summed E-state index contributed by atoms with van der Waals surface area (Å²) in [6, 6.07) is 13.3. The van der Waals surface area contributed by atoms with Gasteiger partial charge in [0.25, 0.3) is 5.91 Å². The zero-order chi connectivity index (χ0) is 17.8. The van der Waals surface area contributed by atoms with Crippen molar-refractivity contribution in [2.75, 3.05) is 18.4 Å². The van der Waals surface area contributed by atoms with Gasteiger partial charge in [0, 0.05) is 35.3 Å². The van der Waals surface area contributed by atoms with Crippen LogP contribution in [0.25, 0.3) is 0 Å². The second-order valence-corrected chi connectivity index (χ2v) is 6.55. The molecule has 2 N–H and O–H groups in total. The van der Waals surface area contributed by atoms with E-state index < -0.39 is 0 Å². The summed E-state index contributed by atoms with van der Waals surface area (Å²) in [7, 11) is 0. The van der Waals surface area contributed by atoms with E-state index in [9.17, 15) is 14.7 Å². The summed E-state index contributed by atoms with van der Waals surface area (Å²) in [4.78, 5) is 26.6. The van der Waals surface area contributed by atoms with Gasteiger partial charge in [-0.1, -0.05) is 17.7 Å². The standard InChI is InChI=1S/C19H19ClN2O3/c20-15-2-1-3-16(12-15)21-18(24)13-8-10-22(11-9-13)19(25)14-4-6-17(23)7-5-14/h1-7,12-13,23H,8-11H2,(H,21,24). The van der Waals surface area contributed by atoms with E-state index in [0.717, 1.165) is 0 Å². The molecule has 0 bridgehead atoms. The van der Waals surface area contributed by atoms with Gasteiger partial charge in [0.1, 0.15) is 5.75 Å². The van der Waals surface area contributed by atoms with Gasteiger partial charge in [0.05, 0.1) is 0 Å². The first-order chi connectivity index (χ1) is 12.0. The summed E-state index contributed by atoms with van der Waals surface area (Å²) in [5.41, 5.74) is 1.22. The highest BCUT2D eigenvalue weighted by molar-refractivity contribution is 6.30. The summed E-state index contributed by atoms with van der Waals surface area (Å²) in [6.07, 6.45) is 1.24. The summed E-state index contributed by atoms with van der Waals surface area (Å²) in [5, 5.41) is 12.8. The zero-order valence-electron chi connectivity index (χ0n) is 13.6. The number of amides is 2. The molecule has 25 heavy (non-hydrogen) atoms. The van der Waals surface area contributed by atoms with Gasteiger partial charge < -0.3 is 15.3 Å². The molecular weight excluding hydrogens is 340 g/mol. The molecule has 0 radical (unpaired) electrons. The fraction of sp³-hybridized carbons (Fsp3) is 0.263. The highest BCUT2D eigenvalue weighted by atomic mass is 35.5. The minimum atomic E-state index is -0.122. The van der Waals surface area contributed by atoms with Crippen molar-refractivity contribution in [1.82, 2.24) is 4.90 Å². The number of piperidine rings is 1. The third-order valence-electron chi connectivity index (χ3n) is 4.36. The Labute approximate surface area is 151 Å². The number of hydrogen-bond acceptors (Lipinski definition) is 3. The summed E-state index contributed by atoms with van der Waals surface area (Å²) >= 11 is 5.92. The molecule has 6 heteroatoms. The molecule has 0 aromatic heterocycles. The van der Waals surface area contributed by atoms with Crippen LogP contribution in [0.2, 0.25) is 5.02 Å². The summed E-state index contributed by atoms with van der Waals surface area (Å²) < 4.78 is 0. The zero-order valence-corrected chi connectivity index (χ0v) is 14.4. The molecule has 130 valence electrons. The van der Waals surface area contributed by atoms with Crippen LogP contribution in [-0.4, -0.2) is 34.9 Å². The van der Waals surface area contributed by atoms with Gasteiger partial charge in [-0.25, -0.2) is 0 Å². The molecule has 0 aliphatic carbocycles. The minimum absolute atomic E-state index is 0.0426. The van der Waals surface area contributed by atoms with Crippen molar-refractivity contribution < 1.29 is 14.7 Å². The number of rotatable bonds is 3. The SMILES string of the molecule is O=C(Nc1cccc(Cl)c1)C1CCN(C(=O)c2ccc(O)cc2)CC1. The van der Waals surface area contributed by atoms with Crippen molar-refractivity contribution in [3.63, 3.8) is 0 Å². The number of carbonyl (C=O) groups is 2. The lowest BCUT2D eigenvalue weighted by atomic mass is 9.95. The van der Waals surface area contributed by atoms with E-state index in [1.807, 2.05) is 0 Å². The van der Waals surface area contributed by atoms with Crippen LogP contribution in [0.4, 0.5) is 5.69 Å². The predicted octanol–water partition coefficient (Wildman–Crippen LogP) is 3.54. The molecule has 3 rings (SSSR count). The van der Waals surface area contributed by atoms with Crippen molar-refractivity contribution >= 4 is 29.1 Å². The molecule has 5 nitrogen and oxygen atoms in total. The Kier molecular flexibility index (Phi) is 5.24. The lowest BCUT2D eigenvalue weighted by Crippen LogP contribution is -2.41. The van der Waals surface area contributed by atoms with Gasteiger partial charge in [0.15, 0.2) is 0 Å². The number of benzene rings is 2. The quantitative estimate of drug-likeness (QED) is 0.881. The molecule has 1 saturated heterocycles. The third-order valence-corrected chi connectivity index (χ3v) is 4.59. The fourth-order valence-electron chi connectivity index (χ4n) is 2.94. The monoisotopic (exact) mass is 358 g/mol. The lowest BCUT2D eigenvalue weighted by molar-refractivity contribution is -0.121. The van der Waals surface area contributed by atoms with E-state index in [0.29, 0.717) is 42.2 Å². The maximum absolute atomic E-state index is 12.4. The number of carbonyl (C=O) groups excluding carboxylic acids is 2. The van der Waals surface area contributed by atoms with Gasteiger partial charge in [-0.05, 0) is 55.3 Å². The highest BCUT2D eigenvalue weighted by Crippen LogP contribution is 2.22. The molecule has 0 spiro atoms. The molecular formula is C19H19ClN2O3. The predicted molar refractivity (Wildman–Crippen MR) is 96.8 cm³/mol. The van der Waals surface area contributed by atoms with Crippen molar-refractivity contribution in [3.8, 4) is 5.75 Å². The molecule has 2 amide bonds. The summed E-state index contributed by atoms with van der Waals surface area (Å²) in [5.74, 6) is -0.108. The minimum Gasteiger partial charge on any atom is -0.508 e. The second-order valence-electron chi connectivity index (χ2n) is 6.11. The Morgan fingerprint density at radius 2 is 1.76 bits per heavy atom. The maximum Gasteiger partial charge on any atom is 0.253 e. The first-order valence-corrected chi connectivity index (χ1v) is 8.55. The Balaban J connectivity index is 1.55. The van der Waals surface area contributed by atoms with Gasteiger partial charge in [-0.2, -0.15) is 0 Å². The van der Waals surface area contributed by atoms with E-state index in [4.69, 9.17) is 11.6 Å². The molecule has 1 heterocycles. The van der Waals surface area contributed by atoms with E-state index in [1.165, 1.54) is 12.1 Å². The van der Waals surface area contributed by atoms with Crippen LogP contribution >= 0.6 is 11.6 Å². The Morgan fingerprint density at radius 3 is 2.40 bits per heavy atom. The van der Waals surface area contributed by atoms with Crippen LogP contribution in [0.3, 0.4) is 0 Å². The number of hydrogen-bond donors (Lipinski definition) is 2. The number of likely N-dealkylation sites (tertiary alicyclic amines) is 1. The first kappa shape index (κ1) is 17.3. The number of phenolic OH excluding ortho intramolecular Hbond substituents is 1. The average Bonchev–Trinajstić information content (AvgIpc) is 2.62. The molecule has 1 aliphatic rings. The number of aromatic hydroxyl groups is 1. The van der Waals surface area contributed by atoms with E-state index in [-0.39, 0.29) is 23.5 Å². The molecule has 1 aliphatic heterocycles. The van der Waals surface area contributed by atoms with Crippen LogP contribution in [0.15, 0.2) is 48.5 Å². The van der Waals surface area contributed by atoms with Crippen molar-refractivity contribution in [3.05, 3.63) is 59.1 Å².